The van der Waals surface area contributed by atoms with Crippen LogP contribution in [0.25, 0.3) is 16.1 Å². The largest absolute Gasteiger partial charge is 0.454 e. The molecule has 0 radical (unpaired) electrons. The Morgan fingerprint density at radius 3 is 2.96 bits per heavy atom. The van der Waals surface area contributed by atoms with Gasteiger partial charge in [0.05, 0.1) is 17.9 Å². The molecule has 118 valence electrons. The number of ether oxygens (including phenoxy) is 1. The number of hydrogen-bond acceptors (Lipinski definition) is 4. The highest BCUT2D eigenvalue weighted by Crippen LogP contribution is 2.29. The van der Waals surface area contributed by atoms with E-state index in [0.717, 1.165) is 12.1 Å². The molecule has 1 unspecified atom stereocenters. The number of azide groups is 1. The molecule has 0 saturated carbocycles. The fraction of sp³-hybridized carbons (Fsp3) is 0.286. The number of rotatable bonds is 3. The Bertz CT molecular complexity index is 844. The predicted octanol–water partition coefficient (Wildman–Crippen LogP) is 2.93. The van der Waals surface area contributed by atoms with Gasteiger partial charge in [-0.25, -0.2) is 18.6 Å². The third-order valence-corrected chi connectivity index (χ3v) is 3.57. The van der Waals surface area contributed by atoms with Crippen molar-refractivity contribution < 1.29 is 18.3 Å². The Labute approximate surface area is 129 Å². The molecule has 23 heavy (non-hydrogen) atoms. The van der Waals surface area contributed by atoms with Crippen LogP contribution in [0.5, 0.6) is 0 Å². The molecule has 2 aromatic rings. The van der Waals surface area contributed by atoms with Crippen LogP contribution < -0.4 is 0 Å². The monoisotopic (exact) mass is 319 g/mol. The summed E-state index contributed by atoms with van der Waals surface area (Å²) in [6.45, 7) is 1.62. The molecule has 0 bridgehead atoms. The zero-order chi connectivity index (χ0) is 16.6. The summed E-state index contributed by atoms with van der Waals surface area (Å²) in [6, 6.07) is 3.27. The predicted molar refractivity (Wildman–Crippen MR) is 75.0 cm³/mol. The summed E-state index contributed by atoms with van der Waals surface area (Å²) >= 11 is 0. The fourth-order valence-electron chi connectivity index (χ4n) is 2.49. The minimum absolute atomic E-state index is 0.0211. The smallest absolute Gasteiger partial charge is 0.357 e. The number of benzene rings is 1. The van der Waals surface area contributed by atoms with Crippen molar-refractivity contribution in [2.75, 3.05) is 6.54 Å². The van der Waals surface area contributed by atoms with Crippen LogP contribution in [-0.2, 0) is 11.2 Å². The van der Waals surface area contributed by atoms with E-state index in [-0.39, 0.29) is 24.3 Å². The van der Waals surface area contributed by atoms with Gasteiger partial charge in [-0.15, -0.1) is 0 Å². The number of nitrogens with zero attached hydrogens (tertiary/aromatic N) is 5. The van der Waals surface area contributed by atoms with Gasteiger partial charge in [0.25, 0.3) is 0 Å². The molecule has 0 spiro atoms. The number of hydrogen-bond donors (Lipinski definition) is 0. The zero-order valence-electron chi connectivity index (χ0n) is 12.0. The Kier molecular flexibility index (Phi) is 3.49. The third-order valence-electron chi connectivity index (χ3n) is 3.57. The fourth-order valence-corrected chi connectivity index (χ4v) is 2.49. The maximum absolute atomic E-state index is 13.4. The van der Waals surface area contributed by atoms with E-state index in [0.29, 0.717) is 5.69 Å². The van der Waals surface area contributed by atoms with Crippen molar-refractivity contribution in [1.82, 2.24) is 9.55 Å². The molecule has 7 nitrogen and oxygen atoms in total. The molecule has 0 aliphatic carbocycles. The first kappa shape index (κ1) is 15.0. The first-order valence-electron chi connectivity index (χ1n) is 6.69. The van der Waals surface area contributed by atoms with Gasteiger partial charge in [-0.05, 0) is 24.6 Å². The molecule has 1 aromatic carbocycles. The molecule has 2 heterocycles. The summed E-state index contributed by atoms with van der Waals surface area (Å²) in [7, 11) is 0. The van der Waals surface area contributed by atoms with Crippen molar-refractivity contribution >= 4 is 5.97 Å². The summed E-state index contributed by atoms with van der Waals surface area (Å²) in [5.74, 6) is -2.67. The minimum Gasteiger partial charge on any atom is -0.454 e. The van der Waals surface area contributed by atoms with Gasteiger partial charge in [0.1, 0.15) is 11.9 Å². The summed E-state index contributed by atoms with van der Waals surface area (Å²) < 4.78 is 33.1. The van der Waals surface area contributed by atoms with Crippen LogP contribution in [0.15, 0.2) is 29.6 Å². The molecule has 0 saturated heterocycles. The SMILES string of the molecule is CC1(CN=[N+]=[N-])Cc2ncn(-c3ccc(F)c(F)c3)c2C(=O)O1. The highest BCUT2D eigenvalue weighted by molar-refractivity contribution is 5.91. The van der Waals surface area contributed by atoms with Crippen LogP contribution in [0.3, 0.4) is 0 Å². The first-order valence-corrected chi connectivity index (χ1v) is 6.69. The van der Waals surface area contributed by atoms with E-state index < -0.39 is 23.2 Å². The number of carbonyl (C=O) groups is 1. The number of fused-ring (bicyclic) bond motifs is 1. The van der Waals surface area contributed by atoms with Gasteiger partial charge in [-0.1, -0.05) is 5.11 Å². The van der Waals surface area contributed by atoms with E-state index in [9.17, 15) is 13.6 Å². The summed E-state index contributed by atoms with van der Waals surface area (Å²) in [5, 5.41) is 3.44. The quantitative estimate of drug-likeness (QED) is 0.377. The first-order chi connectivity index (χ1) is 10.9. The van der Waals surface area contributed by atoms with E-state index in [1.54, 1.807) is 6.92 Å². The molecule has 1 aliphatic heterocycles. The van der Waals surface area contributed by atoms with Crippen molar-refractivity contribution in [3.8, 4) is 5.69 Å². The number of esters is 1. The van der Waals surface area contributed by atoms with Crippen molar-refractivity contribution in [2.24, 2.45) is 5.11 Å². The molecule has 1 aromatic heterocycles. The van der Waals surface area contributed by atoms with E-state index in [1.165, 1.54) is 17.0 Å². The Balaban J connectivity index is 2.02. The highest BCUT2D eigenvalue weighted by atomic mass is 19.2. The van der Waals surface area contributed by atoms with Crippen molar-refractivity contribution in [3.05, 3.63) is 58.0 Å². The number of imidazole rings is 1. The number of carbonyl (C=O) groups excluding carboxylic acids is 1. The lowest BCUT2D eigenvalue weighted by atomic mass is 9.96. The third kappa shape index (κ3) is 2.62. The van der Waals surface area contributed by atoms with E-state index >= 15 is 0 Å². The van der Waals surface area contributed by atoms with Gasteiger partial charge in [0.2, 0.25) is 0 Å². The van der Waals surface area contributed by atoms with Crippen LogP contribution >= 0.6 is 0 Å². The van der Waals surface area contributed by atoms with Crippen LogP contribution in [0.2, 0.25) is 0 Å². The number of halogens is 2. The normalized spacial score (nSPS) is 19.7. The average Bonchev–Trinajstić information content (AvgIpc) is 2.92. The van der Waals surface area contributed by atoms with Gasteiger partial charge in [-0.3, -0.25) is 4.57 Å². The molecule has 9 heteroatoms. The van der Waals surface area contributed by atoms with Gasteiger partial charge in [-0.2, -0.15) is 0 Å². The zero-order valence-corrected chi connectivity index (χ0v) is 12.0. The second-order valence-corrected chi connectivity index (χ2v) is 5.41. The van der Waals surface area contributed by atoms with E-state index in [2.05, 4.69) is 15.0 Å². The van der Waals surface area contributed by atoms with Crippen molar-refractivity contribution in [2.45, 2.75) is 18.9 Å². The van der Waals surface area contributed by atoms with Gasteiger partial charge >= 0.3 is 5.97 Å². The average molecular weight is 319 g/mol. The second kappa shape index (κ2) is 5.36. The Hall–Kier alpha value is -2.93. The van der Waals surface area contributed by atoms with Crippen molar-refractivity contribution in [3.63, 3.8) is 0 Å². The molecule has 1 aliphatic rings. The van der Waals surface area contributed by atoms with Crippen LogP contribution in [0, 0.1) is 11.6 Å². The van der Waals surface area contributed by atoms with Gasteiger partial charge in [0.15, 0.2) is 17.3 Å². The lowest BCUT2D eigenvalue weighted by Gasteiger charge is -2.31. The summed E-state index contributed by atoms with van der Waals surface area (Å²) in [6.07, 6.45) is 1.60. The highest BCUT2D eigenvalue weighted by Gasteiger charge is 2.39. The molecule has 0 N–H and O–H groups in total. The second-order valence-electron chi connectivity index (χ2n) is 5.41. The number of aromatic nitrogens is 2. The molecule has 3 rings (SSSR count). The molecule has 0 amide bonds. The number of cyclic esters (lactones) is 1. The van der Waals surface area contributed by atoms with E-state index in [4.69, 9.17) is 10.3 Å². The maximum atomic E-state index is 13.4. The van der Waals surface area contributed by atoms with E-state index in [1.807, 2.05) is 0 Å². The maximum Gasteiger partial charge on any atom is 0.357 e. The minimum atomic E-state index is -1.03. The van der Waals surface area contributed by atoms with Gasteiger partial charge < -0.3 is 4.74 Å². The van der Waals surface area contributed by atoms with Gasteiger partial charge in [0, 0.05) is 17.4 Å². The van der Waals surface area contributed by atoms with Crippen molar-refractivity contribution in [1.29, 1.82) is 0 Å². The summed E-state index contributed by atoms with van der Waals surface area (Å²) in [4.78, 5) is 19.1. The van der Waals surface area contributed by atoms with Crippen LogP contribution in [0.4, 0.5) is 8.78 Å². The Morgan fingerprint density at radius 1 is 1.48 bits per heavy atom. The summed E-state index contributed by atoms with van der Waals surface area (Å²) in [5.41, 5.74) is 8.27. The standard InChI is InChI=1S/C14H11F2N5O2/c1-14(6-19-20-17)5-11-12(13(22)23-14)21(7-18-11)8-2-3-9(15)10(16)4-8/h2-4,7H,5-6H2,1H3. The van der Waals surface area contributed by atoms with Crippen LogP contribution in [0.1, 0.15) is 23.1 Å². The molecular weight excluding hydrogens is 308 g/mol. The molecule has 1 atom stereocenters. The van der Waals surface area contributed by atoms with Crippen LogP contribution in [-0.4, -0.2) is 27.7 Å². The lowest BCUT2D eigenvalue weighted by Crippen LogP contribution is -2.42. The molecule has 0 fully saturated rings. The lowest BCUT2D eigenvalue weighted by molar-refractivity contribution is -0.0124. The molecular formula is C14H11F2N5O2. The Morgan fingerprint density at radius 2 is 2.26 bits per heavy atom. The topological polar surface area (TPSA) is 92.9 Å².